The predicted octanol–water partition coefficient (Wildman–Crippen LogP) is 2.19. The smallest absolute Gasteiger partial charge is 0.320 e. The van der Waals surface area contributed by atoms with Crippen LogP contribution in [0, 0.1) is 5.92 Å². The van der Waals surface area contributed by atoms with Gasteiger partial charge in [0.15, 0.2) is 5.82 Å². The summed E-state index contributed by atoms with van der Waals surface area (Å²) in [5, 5.41) is 19.7. The van der Waals surface area contributed by atoms with Gasteiger partial charge in [0.25, 0.3) is 0 Å². The average Bonchev–Trinajstić information content (AvgIpc) is 3.06. The van der Waals surface area contributed by atoms with Crippen LogP contribution in [0.5, 0.6) is 0 Å². The molecule has 7 heteroatoms. The van der Waals surface area contributed by atoms with E-state index >= 15 is 0 Å². The Morgan fingerprint density at radius 1 is 1.28 bits per heavy atom. The number of rotatable bonds is 6. The molecule has 2 amide bonds. The lowest BCUT2D eigenvalue weighted by molar-refractivity contribution is 0.101. The summed E-state index contributed by atoms with van der Waals surface area (Å²) in [7, 11) is 0. The van der Waals surface area contributed by atoms with E-state index in [1.807, 2.05) is 23.0 Å². The number of hydrogen-bond acceptors (Lipinski definition) is 4. The van der Waals surface area contributed by atoms with Crippen LogP contribution in [-0.4, -0.2) is 38.6 Å². The van der Waals surface area contributed by atoms with Gasteiger partial charge in [-0.1, -0.05) is 6.42 Å². The molecule has 0 aliphatic heterocycles. The number of hydrogen-bond donors (Lipinski definition) is 3. The number of aryl methyl sites for hydroxylation is 2. The lowest BCUT2D eigenvalue weighted by atomic mass is 9.87. The Morgan fingerprint density at radius 3 is 2.92 bits per heavy atom. The zero-order chi connectivity index (χ0) is 17.5. The van der Waals surface area contributed by atoms with Gasteiger partial charge in [-0.15, -0.1) is 0 Å². The van der Waals surface area contributed by atoms with Gasteiger partial charge in [0.2, 0.25) is 0 Å². The molecular weight excluding hydrogens is 318 g/mol. The van der Waals surface area contributed by atoms with Gasteiger partial charge in [0.1, 0.15) is 0 Å². The third-order valence-corrected chi connectivity index (χ3v) is 4.57. The quantitative estimate of drug-likeness (QED) is 0.750. The van der Waals surface area contributed by atoms with E-state index in [1.54, 1.807) is 18.5 Å². The molecule has 0 saturated heterocycles. The van der Waals surface area contributed by atoms with Gasteiger partial charge in [0.05, 0.1) is 6.10 Å². The standard InChI is InChI=1S/C18H25N5O2/c24-16-3-1-2-15(12-16)13-20-18(25)21-17-7-11-23(22-17)10-6-14-4-8-19-9-5-14/h4-5,7-9,11,15-16,24H,1-3,6,10,12-13H2,(H2,20,21,22,25). The Balaban J connectivity index is 1.40. The second-order valence-corrected chi connectivity index (χ2v) is 6.59. The van der Waals surface area contributed by atoms with Crippen molar-refractivity contribution < 1.29 is 9.90 Å². The molecular formula is C18H25N5O2. The van der Waals surface area contributed by atoms with Gasteiger partial charge in [0, 0.05) is 37.7 Å². The number of nitrogens with one attached hydrogen (secondary N) is 2. The van der Waals surface area contributed by atoms with E-state index in [0.717, 1.165) is 38.6 Å². The van der Waals surface area contributed by atoms with Crippen molar-refractivity contribution in [3.05, 3.63) is 42.4 Å². The molecule has 1 fully saturated rings. The van der Waals surface area contributed by atoms with Gasteiger partial charge >= 0.3 is 6.03 Å². The number of anilines is 1. The van der Waals surface area contributed by atoms with Crippen LogP contribution in [0.15, 0.2) is 36.8 Å². The first kappa shape index (κ1) is 17.4. The highest BCUT2D eigenvalue weighted by Crippen LogP contribution is 2.23. The van der Waals surface area contributed by atoms with Gasteiger partial charge in [-0.05, 0) is 49.3 Å². The van der Waals surface area contributed by atoms with Crippen molar-refractivity contribution in [1.29, 1.82) is 0 Å². The van der Waals surface area contributed by atoms with Crippen molar-refractivity contribution in [3.8, 4) is 0 Å². The Labute approximate surface area is 147 Å². The van der Waals surface area contributed by atoms with E-state index in [9.17, 15) is 9.90 Å². The molecule has 2 unspecified atom stereocenters. The van der Waals surface area contributed by atoms with Crippen LogP contribution in [0.4, 0.5) is 10.6 Å². The Bertz CT molecular complexity index is 673. The first-order chi connectivity index (χ1) is 12.2. The summed E-state index contributed by atoms with van der Waals surface area (Å²) >= 11 is 0. The molecule has 25 heavy (non-hydrogen) atoms. The van der Waals surface area contributed by atoms with Crippen molar-refractivity contribution >= 4 is 11.8 Å². The molecule has 3 rings (SSSR count). The van der Waals surface area contributed by atoms with Crippen molar-refractivity contribution in [2.45, 2.75) is 44.8 Å². The molecule has 2 heterocycles. The summed E-state index contributed by atoms with van der Waals surface area (Å²) in [5.41, 5.74) is 1.20. The number of aliphatic hydroxyl groups is 1. The third-order valence-electron chi connectivity index (χ3n) is 4.57. The van der Waals surface area contributed by atoms with Gasteiger partial charge in [-0.2, -0.15) is 5.10 Å². The molecule has 134 valence electrons. The molecule has 0 bridgehead atoms. The van der Waals surface area contributed by atoms with Crippen molar-refractivity contribution in [1.82, 2.24) is 20.1 Å². The van der Waals surface area contributed by atoms with E-state index < -0.39 is 0 Å². The fraction of sp³-hybridized carbons (Fsp3) is 0.500. The van der Waals surface area contributed by atoms with Crippen molar-refractivity contribution in [2.75, 3.05) is 11.9 Å². The van der Waals surface area contributed by atoms with E-state index in [4.69, 9.17) is 0 Å². The molecule has 7 nitrogen and oxygen atoms in total. The lowest BCUT2D eigenvalue weighted by Gasteiger charge is -2.25. The van der Waals surface area contributed by atoms with E-state index in [0.29, 0.717) is 18.3 Å². The number of urea groups is 1. The van der Waals surface area contributed by atoms with Crippen LogP contribution < -0.4 is 10.6 Å². The van der Waals surface area contributed by atoms with Gasteiger partial charge in [-0.3, -0.25) is 15.0 Å². The van der Waals surface area contributed by atoms with Crippen LogP contribution in [0.1, 0.15) is 31.2 Å². The van der Waals surface area contributed by atoms with Crippen LogP contribution in [-0.2, 0) is 13.0 Å². The minimum absolute atomic E-state index is 0.222. The SMILES string of the molecule is O=C(NCC1CCCC(O)C1)Nc1ccn(CCc2ccncc2)n1. The largest absolute Gasteiger partial charge is 0.393 e. The van der Waals surface area contributed by atoms with E-state index in [2.05, 4.69) is 20.7 Å². The number of nitrogens with zero attached hydrogens (tertiary/aromatic N) is 3. The topological polar surface area (TPSA) is 92.1 Å². The number of carbonyl (C=O) groups is 1. The molecule has 2 atom stereocenters. The van der Waals surface area contributed by atoms with Crippen LogP contribution in [0.3, 0.4) is 0 Å². The predicted molar refractivity (Wildman–Crippen MR) is 95.2 cm³/mol. The van der Waals surface area contributed by atoms with E-state index in [-0.39, 0.29) is 12.1 Å². The molecule has 0 spiro atoms. The molecule has 2 aromatic rings. The fourth-order valence-corrected chi connectivity index (χ4v) is 3.19. The highest BCUT2D eigenvalue weighted by atomic mass is 16.3. The second-order valence-electron chi connectivity index (χ2n) is 6.59. The maximum atomic E-state index is 12.0. The minimum Gasteiger partial charge on any atom is -0.393 e. The lowest BCUT2D eigenvalue weighted by Crippen LogP contribution is -2.35. The first-order valence-electron chi connectivity index (χ1n) is 8.84. The first-order valence-corrected chi connectivity index (χ1v) is 8.84. The number of aromatic nitrogens is 3. The molecule has 0 radical (unpaired) electrons. The second kappa shape index (κ2) is 8.62. The average molecular weight is 343 g/mol. The maximum Gasteiger partial charge on any atom is 0.320 e. The molecule has 1 aliphatic carbocycles. The summed E-state index contributed by atoms with van der Waals surface area (Å²) in [6.45, 7) is 1.33. The Morgan fingerprint density at radius 2 is 2.12 bits per heavy atom. The van der Waals surface area contributed by atoms with Crippen molar-refractivity contribution in [2.24, 2.45) is 5.92 Å². The van der Waals surface area contributed by atoms with E-state index in [1.165, 1.54) is 5.56 Å². The van der Waals surface area contributed by atoms with Crippen molar-refractivity contribution in [3.63, 3.8) is 0 Å². The zero-order valence-corrected chi connectivity index (χ0v) is 14.3. The Kier molecular flexibility index (Phi) is 6.00. The Hall–Kier alpha value is -2.41. The van der Waals surface area contributed by atoms with Crippen LogP contribution in [0.25, 0.3) is 0 Å². The summed E-state index contributed by atoms with van der Waals surface area (Å²) in [4.78, 5) is 16.0. The fourth-order valence-electron chi connectivity index (χ4n) is 3.19. The summed E-state index contributed by atoms with van der Waals surface area (Å²) in [5.74, 6) is 0.892. The summed E-state index contributed by atoms with van der Waals surface area (Å²) < 4.78 is 1.81. The minimum atomic E-state index is -0.251. The molecule has 3 N–H and O–H groups in total. The highest BCUT2D eigenvalue weighted by molar-refractivity contribution is 5.88. The number of amides is 2. The highest BCUT2D eigenvalue weighted by Gasteiger charge is 2.20. The molecule has 2 aromatic heterocycles. The summed E-state index contributed by atoms with van der Waals surface area (Å²) in [6, 6.07) is 5.51. The van der Waals surface area contributed by atoms with Gasteiger partial charge < -0.3 is 10.4 Å². The van der Waals surface area contributed by atoms with Gasteiger partial charge in [-0.25, -0.2) is 4.79 Å². The molecule has 1 aliphatic rings. The monoisotopic (exact) mass is 343 g/mol. The third kappa shape index (κ3) is 5.56. The maximum absolute atomic E-state index is 12.0. The number of aliphatic hydroxyl groups excluding tert-OH is 1. The normalized spacial score (nSPS) is 20.2. The van der Waals surface area contributed by atoms with Crippen LogP contribution >= 0.6 is 0 Å². The molecule has 1 saturated carbocycles. The molecule has 0 aromatic carbocycles. The number of pyridine rings is 1. The zero-order valence-electron chi connectivity index (χ0n) is 14.3. The summed E-state index contributed by atoms with van der Waals surface area (Å²) in [6.07, 6.45) is 9.78. The number of carbonyl (C=O) groups excluding carboxylic acids is 1. The van der Waals surface area contributed by atoms with Crippen LogP contribution in [0.2, 0.25) is 0 Å².